The molecule has 1 atom stereocenters. The molecular weight excluding hydrogens is 218 g/mol. The van der Waals surface area contributed by atoms with E-state index in [0.717, 1.165) is 6.54 Å². The van der Waals surface area contributed by atoms with E-state index in [-0.39, 0.29) is 0 Å². The van der Waals surface area contributed by atoms with Crippen molar-refractivity contribution in [2.24, 2.45) is 0 Å². The molecule has 1 rings (SSSR count). The van der Waals surface area contributed by atoms with Gasteiger partial charge >= 0.3 is 0 Å². The molecule has 102 valence electrons. The van der Waals surface area contributed by atoms with Gasteiger partial charge in [-0.15, -0.1) is 0 Å². The van der Waals surface area contributed by atoms with E-state index in [9.17, 15) is 0 Å². The highest BCUT2D eigenvalue weighted by Crippen LogP contribution is 2.11. The van der Waals surface area contributed by atoms with Crippen LogP contribution in [-0.2, 0) is 6.42 Å². The summed E-state index contributed by atoms with van der Waals surface area (Å²) in [5.74, 6) is 0. The van der Waals surface area contributed by atoms with Gasteiger partial charge in [0, 0.05) is 6.04 Å². The summed E-state index contributed by atoms with van der Waals surface area (Å²) in [5.41, 5.74) is 1.47. The molecule has 0 aliphatic rings. The Balaban J connectivity index is 2.30. The van der Waals surface area contributed by atoms with Crippen molar-refractivity contribution >= 4 is 0 Å². The minimum absolute atomic E-state index is 0.705. The van der Waals surface area contributed by atoms with Crippen molar-refractivity contribution in [2.75, 3.05) is 6.54 Å². The SMILES string of the molecule is CCCCCC(CCc1ccccc1)NCCC. The minimum atomic E-state index is 0.705. The minimum Gasteiger partial charge on any atom is -0.314 e. The lowest BCUT2D eigenvalue weighted by molar-refractivity contribution is 0.435. The largest absolute Gasteiger partial charge is 0.314 e. The average Bonchev–Trinajstić information content (AvgIpc) is 2.42. The number of nitrogens with one attached hydrogen (secondary N) is 1. The van der Waals surface area contributed by atoms with Crippen LogP contribution in [0, 0.1) is 0 Å². The summed E-state index contributed by atoms with van der Waals surface area (Å²) in [5, 5.41) is 3.70. The Hall–Kier alpha value is -0.820. The second-order valence-corrected chi connectivity index (χ2v) is 5.17. The number of unbranched alkanes of at least 4 members (excludes halogenated alkanes) is 2. The summed E-state index contributed by atoms with van der Waals surface area (Å²) < 4.78 is 0. The maximum atomic E-state index is 3.70. The molecule has 0 radical (unpaired) electrons. The molecule has 1 heteroatoms. The molecule has 0 bridgehead atoms. The van der Waals surface area contributed by atoms with Gasteiger partial charge in [0.2, 0.25) is 0 Å². The van der Waals surface area contributed by atoms with Gasteiger partial charge in [0.25, 0.3) is 0 Å². The summed E-state index contributed by atoms with van der Waals surface area (Å²) in [7, 11) is 0. The summed E-state index contributed by atoms with van der Waals surface area (Å²) in [6.07, 6.45) is 9.10. The van der Waals surface area contributed by atoms with Gasteiger partial charge in [-0.25, -0.2) is 0 Å². The van der Waals surface area contributed by atoms with Crippen LogP contribution in [0.2, 0.25) is 0 Å². The zero-order valence-corrected chi connectivity index (χ0v) is 12.1. The number of hydrogen-bond donors (Lipinski definition) is 1. The van der Waals surface area contributed by atoms with Crippen LogP contribution >= 0.6 is 0 Å². The van der Waals surface area contributed by atoms with Crippen LogP contribution in [0.1, 0.15) is 57.9 Å². The molecule has 0 saturated heterocycles. The summed E-state index contributed by atoms with van der Waals surface area (Å²) in [6.45, 7) is 5.68. The van der Waals surface area contributed by atoms with Gasteiger partial charge in [0.05, 0.1) is 0 Å². The molecule has 0 fully saturated rings. The molecule has 1 aromatic rings. The van der Waals surface area contributed by atoms with Gasteiger partial charge in [0.1, 0.15) is 0 Å². The van der Waals surface area contributed by atoms with Crippen LogP contribution in [0.4, 0.5) is 0 Å². The smallest absolute Gasteiger partial charge is 0.00702 e. The number of benzene rings is 1. The molecule has 1 aromatic carbocycles. The molecule has 1 nitrogen and oxygen atoms in total. The van der Waals surface area contributed by atoms with Crippen LogP contribution in [0.3, 0.4) is 0 Å². The van der Waals surface area contributed by atoms with Gasteiger partial charge in [-0.2, -0.15) is 0 Å². The fourth-order valence-corrected chi connectivity index (χ4v) is 2.32. The normalized spacial score (nSPS) is 12.6. The van der Waals surface area contributed by atoms with Crippen molar-refractivity contribution in [1.82, 2.24) is 5.32 Å². The second-order valence-electron chi connectivity index (χ2n) is 5.17. The summed E-state index contributed by atoms with van der Waals surface area (Å²) in [4.78, 5) is 0. The molecule has 0 aliphatic carbocycles. The van der Waals surface area contributed by atoms with Crippen LogP contribution in [0.15, 0.2) is 30.3 Å². The number of aryl methyl sites for hydroxylation is 1. The second kappa shape index (κ2) is 10.1. The third kappa shape index (κ3) is 6.80. The van der Waals surface area contributed by atoms with Crippen molar-refractivity contribution in [2.45, 2.75) is 64.8 Å². The molecule has 0 amide bonds. The van der Waals surface area contributed by atoms with Crippen molar-refractivity contribution in [1.29, 1.82) is 0 Å². The van der Waals surface area contributed by atoms with Crippen molar-refractivity contribution in [3.05, 3.63) is 35.9 Å². The first-order valence-electron chi connectivity index (χ1n) is 7.64. The highest BCUT2D eigenvalue weighted by molar-refractivity contribution is 5.14. The van der Waals surface area contributed by atoms with E-state index in [0.29, 0.717) is 6.04 Å². The Bertz CT molecular complexity index is 281. The molecule has 1 N–H and O–H groups in total. The molecule has 0 spiro atoms. The van der Waals surface area contributed by atoms with Crippen molar-refractivity contribution in [3.8, 4) is 0 Å². The van der Waals surface area contributed by atoms with Crippen molar-refractivity contribution < 1.29 is 0 Å². The Kier molecular flexibility index (Phi) is 8.58. The lowest BCUT2D eigenvalue weighted by Crippen LogP contribution is -2.30. The molecule has 1 unspecified atom stereocenters. The van der Waals surface area contributed by atoms with E-state index in [1.807, 2.05) is 0 Å². The monoisotopic (exact) mass is 247 g/mol. The predicted octanol–water partition coefficient (Wildman–Crippen LogP) is 4.57. The highest BCUT2D eigenvalue weighted by Gasteiger charge is 2.07. The number of rotatable bonds is 10. The topological polar surface area (TPSA) is 12.0 Å². The molecule has 0 saturated carbocycles. The average molecular weight is 247 g/mol. The van der Waals surface area contributed by atoms with Gasteiger partial charge in [-0.05, 0) is 37.8 Å². The first-order chi connectivity index (χ1) is 8.86. The molecule has 0 aliphatic heterocycles. The Labute approximate surface area is 113 Å². The zero-order valence-electron chi connectivity index (χ0n) is 12.1. The Morgan fingerprint density at radius 2 is 1.72 bits per heavy atom. The first kappa shape index (κ1) is 15.2. The van der Waals surface area contributed by atoms with Gasteiger partial charge in [0.15, 0.2) is 0 Å². The Morgan fingerprint density at radius 3 is 2.39 bits per heavy atom. The van der Waals surface area contributed by atoms with Crippen LogP contribution in [0.25, 0.3) is 0 Å². The maximum absolute atomic E-state index is 3.70. The zero-order chi connectivity index (χ0) is 13.1. The summed E-state index contributed by atoms with van der Waals surface area (Å²) in [6, 6.07) is 11.6. The van der Waals surface area contributed by atoms with Gasteiger partial charge in [-0.3, -0.25) is 0 Å². The predicted molar refractivity (Wildman–Crippen MR) is 81.0 cm³/mol. The lowest BCUT2D eigenvalue weighted by atomic mass is 10.0. The van der Waals surface area contributed by atoms with E-state index in [2.05, 4.69) is 49.5 Å². The lowest BCUT2D eigenvalue weighted by Gasteiger charge is -2.18. The molecule has 0 heterocycles. The molecular formula is C17H29N. The maximum Gasteiger partial charge on any atom is 0.00702 e. The van der Waals surface area contributed by atoms with Gasteiger partial charge in [-0.1, -0.05) is 63.4 Å². The van der Waals surface area contributed by atoms with Crippen molar-refractivity contribution in [3.63, 3.8) is 0 Å². The third-order valence-corrected chi connectivity index (χ3v) is 3.46. The van der Waals surface area contributed by atoms with E-state index in [1.54, 1.807) is 0 Å². The van der Waals surface area contributed by atoms with E-state index < -0.39 is 0 Å². The van der Waals surface area contributed by atoms with Crippen LogP contribution < -0.4 is 5.32 Å². The fraction of sp³-hybridized carbons (Fsp3) is 0.647. The third-order valence-electron chi connectivity index (χ3n) is 3.46. The molecule has 18 heavy (non-hydrogen) atoms. The fourth-order valence-electron chi connectivity index (χ4n) is 2.32. The van der Waals surface area contributed by atoms with E-state index in [1.165, 1.54) is 50.5 Å². The molecule has 0 aromatic heterocycles. The van der Waals surface area contributed by atoms with Crippen LogP contribution in [-0.4, -0.2) is 12.6 Å². The van der Waals surface area contributed by atoms with Crippen LogP contribution in [0.5, 0.6) is 0 Å². The standard InChI is InChI=1S/C17H29N/c1-3-5-7-12-17(18-15-4-2)14-13-16-10-8-6-9-11-16/h6,8-11,17-18H,3-5,7,12-15H2,1-2H3. The van der Waals surface area contributed by atoms with E-state index in [4.69, 9.17) is 0 Å². The summed E-state index contributed by atoms with van der Waals surface area (Å²) >= 11 is 0. The number of hydrogen-bond acceptors (Lipinski definition) is 1. The quantitative estimate of drug-likeness (QED) is 0.597. The van der Waals surface area contributed by atoms with Gasteiger partial charge < -0.3 is 5.32 Å². The Morgan fingerprint density at radius 1 is 0.944 bits per heavy atom. The first-order valence-corrected chi connectivity index (χ1v) is 7.64. The highest BCUT2D eigenvalue weighted by atomic mass is 14.9. The van der Waals surface area contributed by atoms with E-state index >= 15 is 0 Å².